The summed E-state index contributed by atoms with van der Waals surface area (Å²) in [6, 6.07) is 44.3. The Bertz CT molecular complexity index is 2120. The van der Waals surface area contributed by atoms with E-state index in [4.69, 9.17) is 9.97 Å². The fourth-order valence-electron chi connectivity index (χ4n) is 5.68. The minimum Gasteiger partial charge on any atom is -0.316 e. The van der Waals surface area contributed by atoms with Crippen molar-refractivity contribution in [3.8, 4) is 22.9 Å². The molecule has 0 aliphatic rings. The van der Waals surface area contributed by atoms with Gasteiger partial charge in [-0.25, -0.2) is 9.97 Å². The Morgan fingerprint density at radius 2 is 1.24 bits per heavy atom. The highest BCUT2D eigenvalue weighted by Gasteiger charge is 2.20. The monoisotopic (exact) mass is 486 g/mol. The summed E-state index contributed by atoms with van der Waals surface area (Å²) in [7, 11) is 0. The summed E-state index contributed by atoms with van der Waals surface area (Å²) >= 11 is 0. The predicted molar refractivity (Wildman–Crippen MR) is 156 cm³/mol. The summed E-state index contributed by atoms with van der Waals surface area (Å²) in [6.45, 7) is 0. The number of para-hydroxylation sites is 3. The van der Waals surface area contributed by atoms with Crippen molar-refractivity contribution in [3.05, 3.63) is 134 Å². The lowest BCUT2D eigenvalue weighted by Crippen LogP contribution is -2.03. The smallest absolute Gasteiger partial charge is 0.235 e. The Morgan fingerprint density at radius 3 is 2.08 bits per heavy atom. The zero-order valence-corrected chi connectivity index (χ0v) is 20.5. The van der Waals surface area contributed by atoms with Crippen LogP contribution in [0.2, 0.25) is 0 Å². The highest BCUT2D eigenvalue weighted by molar-refractivity contribution is 6.20. The molecule has 0 fully saturated rings. The van der Waals surface area contributed by atoms with Gasteiger partial charge in [0.25, 0.3) is 0 Å². The first kappa shape index (κ1) is 20.9. The van der Waals surface area contributed by atoms with Crippen LogP contribution in [0.1, 0.15) is 0 Å². The van der Waals surface area contributed by atoms with Gasteiger partial charge >= 0.3 is 0 Å². The van der Waals surface area contributed by atoms with Gasteiger partial charge in [0.15, 0.2) is 0 Å². The summed E-state index contributed by atoms with van der Waals surface area (Å²) in [4.78, 5) is 10.3. The van der Waals surface area contributed by atoms with Gasteiger partial charge in [-0.15, -0.1) is 0 Å². The Labute approximate surface area is 219 Å². The lowest BCUT2D eigenvalue weighted by molar-refractivity contribution is 1.01. The van der Waals surface area contributed by atoms with E-state index in [0.29, 0.717) is 5.95 Å². The zero-order chi connectivity index (χ0) is 25.1. The van der Waals surface area contributed by atoms with Crippen LogP contribution in [-0.4, -0.2) is 19.1 Å². The molecule has 4 heteroatoms. The average Bonchev–Trinajstić information content (AvgIpc) is 3.57. The highest BCUT2D eigenvalue weighted by Crippen LogP contribution is 2.38. The summed E-state index contributed by atoms with van der Waals surface area (Å²) in [5.74, 6) is 0.672. The quantitative estimate of drug-likeness (QED) is 0.252. The summed E-state index contributed by atoms with van der Waals surface area (Å²) in [5.41, 5.74) is 7.44. The van der Waals surface area contributed by atoms with Crippen LogP contribution >= 0.6 is 0 Å². The molecule has 0 N–H and O–H groups in total. The normalized spacial score (nSPS) is 11.7. The molecule has 3 heterocycles. The molecular weight excluding hydrogens is 464 g/mol. The van der Waals surface area contributed by atoms with Crippen molar-refractivity contribution in [3.63, 3.8) is 0 Å². The number of fused-ring (bicyclic) bond motifs is 6. The van der Waals surface area contributed by atoms with Crippen molar-refractivity contribution in [1.82, 2.24) is 19.1 Å². The summed E-state index contributed by atoms with van der Waals surface area (Å²) < 4.78 is 4.50. The number of hydrogen-bond donors (Lipinski definition) is 0. The fraction of sp³-hybridized carbons (Fsp3) is 0. The topological polar surface area (TPSA) is 35.6 Å². The van der Waals surface area contributed by atoms with Crippen LogP contribution < -0.4 is 0 Å². The molecule has 8 rings (SSSR count). The van der Waals surface area contributed by atoms with Crippen LogP contribution in [0, 0.1) is 0 Å². The zero-order valence-electron chi connectivity index (χ0n) is 20.5. The molecule has 4 nitrogen and oxygen atoms in total. The molecule has 0 amide bonds. The molecule has 0 spiro atoms. The second kappa shape index (κ2) is 8.15. The summed E-state index contributed by atoms with van der Waals surface area (Å²) in [6.07, 6.45) is 2.16. The van der Waals surface area contributed by atoms with E-state index >= 15 is 0 Å². The Hall–Kier alpha value is -5.22. The Kier molecular flexibility index (Phi) is 4.49. The third-order valence-corrected chi connectivity index (χ3v) is 7.36. The van der Waals surface area contributed by atoms with Crippen LogP contribution in [0.4, 0.5) is 0 Å². The average molecular weight is 487 g/mol. The molecule has 0 radical (unpaired) electrons. The maximum atomic E-state index is 5.21. The van der Waals surface area contributed by atoms with Crippen LogP contribution in [0.5, 0.6) is 0 Å². The van der Waals surface area contributed by atoms with Crippen molar-refractivity contribution < 1.29 is 0 Å². The lowest BCUT2D eigenvalue weighted by atomic mass is 10.1. The van der Waals surface area contributed by atoms with E-state index in [2.05, 4.69) is 125 Å². The van der Waals surface area contributed by atoms with Gasteiger partial charge in [0.1, 0.15) is 0 Å². The molecule has 178 valence electrons. The van der Waals surface area contributed by atoms with E-state index in [9.17, 15) is 0 Å². The van der Waals surface area contributed by atoms with E-state index in [1.54, 1.807) is 0 Å². The second-order valence-electron chi connectivity index (χ2n) is 9.53. The standard InChI is InChI=1S/C34H22N4/c1-3-11-23(12-4-1)32-26-15-7-9-17-28(26)35-34(36-32)38-29-18-10-8-16-27(29)31-30(38)20-19-24-21-22-37(33(24)31)25-13-5-2-6-14-25/h1-22H. The van der Waals surface area contributed by atoms with Gasteiger partial charge in [0.05, 0.1) is 27.8 Å². The number of hydrogen-bond acceptors (Lipinski definition) is 2. The minimum atomic E-state index is 0.672. The van der Waals surface area contributed by atoms with E-state index in [1.165, 1.54) is 21.7 Å². The van der Waals surface area contributed by atoms with Gasteiger partial charge in [-0.1, -0.05) is 91.0 Å². The van der Waals surface area contributed by atoms with Gasteiger partial charge in [-0.3, -0.25) is 4.57 Å². The second-order valence-corrected chi connectivity index (χ2v) is 9.53. The Morgan fingerprint density at radius 1 is 0.526 bits per heavy atom. The molecule has 0 saturated heterocycles. The molecule has 0 bridgehead atoms. The molecular formula is C34H22N4. The molecule has 5 aromatic carbocycles. The Balaban J connectivity index is 1.51. The van der Waals surface area contributed by atoms with E-state index in [-0.39, 0.29) is 0 Å². The number of nitrogens with zero attached hydrogens (tertiary/aromatic N) is 4. The number of benzene rings is 5. The fourth-order valence-corrected chi connectivity index (χ4v) is 5.68. The largest absolute Gasteiger partial charge is 0.316 e. The molecule has 0 unspecified atom stereocenters. The SMILES string of the molecule is c1ccc(-c2nc(-n3c4ccccc4c4c5c(ccc43)ccn5-c3ccccc3)nc3ccccc23)cc1. The number of rotatable bonds is 3. The van der Waals surface area contributed by atoms with Gasteiger partial charge in [-0.05, 0) is 36.4 Å². The predicted octanol–water partition coefficient (Wildman–Crippen LogP) is 8.34. The maximum Gasteiger partial charge on any atom is 0.235 e. The van der Waals surface area contributed by atoms with Crippen LogP contribution in [0.15, 0.2) is 134 Å². The van der Waals surface area contributed by atoms with Crippen molar-refractivity contribution in [1.29, 1.82) is 0 Å². The first-order chi connectivity index (χ1) is 18.9. The van der Waals surface area contributed by atoms with Crippen molar-refractivity contribution >= 4 is 43.6 Å². The molecule has 0 saturated carbocycles. The molecule has 8 aromatic rings. The maximum absolute atomic E-state index is 5.21. The third kappa shape index (κ3) is 3.04. The van der Waals surface area contributed by atoms with Crippen LogP contribution in [0.25, 0.3) is 66.5 Å². The first-order valence-corrected chi connectivity index (χ1v) is 12.8. The van der Waals surface area contributed by atoms with Crippen molar-refractivity contribution in [2.24, 2.45) is 0 Å². The molecule has 3 aromatic heterocycles. The number of aromatic nitrogens is 4. The summed E-state index contributed by atoms with van der Waals surface area (Å²) in [5, 5.41) is 4.63. The minimum absolute atomic E-state index is 0.672. The van der Waals surface area contributed by atoms with Crippen molar-refractivity contribution in [2.45, 2.75) is 0 Å². The van der Waals surface area contributed by atoms with Crippen LogP contribution in [-0.2, 0) is 0 Å². The molecule has 0 atom stereocenters. The highest BCUT2D eigenvalue weighted by atomic mass is 15.2. The molecule has 38 heavy (non-hydrogen) atoms. The third-order valence-electron chi connectivity index (χ3n) is 7.36. The van der Waals surface area contributed by atoms with Gasteiger partial charge in [0.2, 0.25) is 5.95 Å². The van der Waals surface area contributed by atoms with Gasteiger partial charge < -0.3 is 4.57 Å². The van der Waals surface area contributed by atoms with Crippen LogP contribution in [0.3, 0.4) is 0 Å². The van der Waals surface area contributed by atoms with Crippen molar-refractivity contribution in [2.75, 3.05) is 0 Å². The molecule has 0 aliphatic carbocycles. The van der Waals surface area contributed by atoms with E-state index in [0.717, 1.165) is 38.9 Å². The van der Waals surface area contributed by atoms with Gasteiger partial charge in [-0.2, -0.15) is 0 Å². The first-order valence-electron chi connectivity index (χ1n) is 12.8. The van der Waals surface area contributed by atoms with E-state index < -0.39 is 0 Å². The van der Waals surface area contributed by atoms with E-state index in [1.807, 2.05) is 18.2 Å². The van der Waals surface area contributed by atoms with Gasteiger partial charge in [0, 0.05) is 39.0 Å². The lowest BCUT2D eigenvalue weighted by Gasteiger charge is -2.12. The molecule has 0 aliphatic heterocycles.